The van der Waals surface area contributed by atoms with Crippen LogP contribution in [0.3, 0.4) is 0 Å². The number of hydrogen-bond acceptors (Lipinski definition) is 7. The summed E-state index contributed by atoms with van der Waals surface area (Å²) in [6.45, 7) is 4.91. The van der Waals surface area contributed by atoms with E-state index in [1.807, 2.05) is 6.07 Å². The molecule has 0 spiro atoms. The summed E-state index contributed by atoms with van der Waals surface area (Å²) in [6, 6.07) is 1.97. The first-order valence-electron chi connectivity index (χ1n) is 6.51. The van der Waals surface area contributed by atoms with Gasteiger partial charge < -0.3 is 10.6 Å². The molecule has 0 atom stereocenters. The van der Waals surface area contributed by atoms with Crippen LogP contribution in [0.25, 0.3) is 0 Å². The summed E-state index contributed by atoms with van der Waals surface area (Å²) in [5, 5.41) is 26.3. The number of amides is 1. The summed E-state index contributed by atoms with van der Waals surface area (Å²) < 4.78 is 1.68. The highest BCUT2D eigenvalue weighted by Gasteiger charge is 2.09. The Morgan fingerprint density at radius 3 is 3.05 bits per heavy atom. The number of rotatable bonds is 10. The molecular weight excluding hydrogens is 278 g/mol. The minimum absolute atomic E-state index is 0.121. The Balaban J connectivity index is 2.28. The van der Waals surface area contributed by atoms with Gasteiger partial charge in [0, 0.05) is 13.1 Å². The second kappa shape index (κ2) is 10.2. The van der Waals surface area contributed by atoms with Gasteiger partial charge in [-0.15, -0.1) is 5.10 Å². The molecule has 0 aromatic carbocycles. The fraction of sp³-hybridized carbons (Fsp3) is 0.727. The summed E-state index contributed by atoms with van der Waals surface area (Å²) in [6.07, 6.45) is 1.40. The molecule has 2 N–H and O–H groups in total. The zero-order valence-corrected chi connectivity index (χ0v) is 12.3. The summed E-state index contributed by atoms with van der Waals surface area (Å²) in [7, 11) is 0. The van der Waals surface area contributed by atoms with Gasteiger partial charge in [0.1, 0.15) is 0 Å². The normalized spacial score (nSPS) is 10.2. The van der Waals surface area contributed by atoms with E-state index < -0.39 is 0 Å². The number of nitrogens with one attached hydrogen (secondary N) is 2. The summed E-state index contributed by atoms with van der Waals surface area (Å²) in [5.41, 5.74) is 0. The standard InChI is InChI=1S/C11H19N7OS/c1-2-5-13-7-8-18-11(15-16-17-18)20-9-10(19)14-6-3-4-12/h13H,2-3,5-9H2,1H3,(H,14,19). The fourth-order valence-corrected chi connectivity index (χ4v) is 2.10. The molecule has 0 aliphatic rings. The monoisotopic (exact) mass is 297 g/mol. The van der Waals surface area contributed by atoms with Crippen LogP contribution in [0.2, 0.25) is 0 Å². The molecule has 1 amide bonds. The molecule has 0 aliphatic carbocycles. The van der Waals surface area contributed by atoms with Gasteiger partial charge in [-0.25, -0.2) is 4.68 Å². The lowest BCUT2D eigenvalue weighted by atomic mass is 10.4. The molecule has 0 unspecified atom stereocenters. The van der Waals surface area contributed by atoms with E-state index in [9.17, 15) is 4.79 Å². The molecule has 0 fully saturated rings. The largest absolute Gasteiger partial charge is 0.354 e. The lowest BCUT2D eigenvalue weighted by Gasteiger charge is -2.05. The summed E-state index contributed by atoms with van der Waals surface area (Å²) in [4.78, 5) is 11.5. The fourth-order valence-electron chi connectivity index (χ4n) is 1.37. The van der Waals surface area contributed by atoms with Crippen LogP contribution in [0.1, 0.15) is 19.8 Å². The van der Waals surface area contributed by atoms with Crippen molar-refractivity contribution in [2.45, 2.75) is 31.5 Å². The number of nitriles is 1. The predicted octanol–water partition coefficient (Wildman–Crippen LogP) is -0.205. The number of hydrogen-bond donors (Lipinski definition) is 2. The molecule has 0 aliphatic heterocycles. The molecule has 1 aromatic rings. The SMILES string of the molecule is CCCNCCn1nnnc1SCC(=O)NCCC#N. The number of nitrogens with zero attached hydrogens (tertiary/aromatic N) is 5. The van der Waals surface area contributed by atoms with Gasteiger partial charge >= 0.3 is 0 Å². The third kappa shape index (κ3) is 6.49. The third-order valence-electron chi connectivity index (χ3n) is 2.32. The van der Waals surface area contributed by atoms with Crippen molar-refractivity contribution < 1.29 is 4.79 Å². The molecule has 1 aromatic heterocycles. The average Bonchev–Trinajstić information content (AvgIpc) is 2.89. The van der Waals surface area contributed by atoms with E-state index >= 15 is 0 Å². The van der Waals surface area contributed by atoms with Crippen LogP contribution in [0.5, 0.6) is 0 Å². The van der Waals surface area contributed by atoms with Gasteiger partial charge in [-0.05, 0) is 23.4 Å². The van der Waals surface area contributed by atoms with Crippen LogP contribution in [0.15, 0.2) is 5.16 Å². The number of aromatic nitrogens is 4. The molecule has 8 nitrogen and oxygen atoms in total. The zero-order valence-electron chi connectivity index (χ0n) is 11.5. The lowest BCUT2D eigenvalue weighted by molar-refractivity contribution is -0.118. The Morgan fingerprint density at radius 1 is 1.45 bits per heavy atom. The van der Waals surface area contributed by atoms with Gasteiger partial charge in [-0.1, -0.05) is 18.7 Å². The molecule has 0 bridgehead atoms. The van der Waals surface area contributed by atoms with Gasteiger partial charge in [-0.2, -0.15) is 5.26 Å². The molecular formula is C11H19N7OS. The van der Waals surface area contributed by atoms with Crippen LogP contribution < -0.4 is 10.6 Å². The van der Waals surface area contributed by atoms with E-state index in [-0.39, 0.29) is 11.7 Å². The predicted molar refractivity (Wildman–Crippen MR) is 74.9 cm³/mol. The van der Waals surface area contributed by atoms with E-state index in [4.69, 9.17) is 5.26 Å². The Bertz CT molecular complexity index is 442. The van der Waals surface area contributed by atoms with Crippen molar-refractivity contribution in [1.29, 1.82) is 5.26 Å². The molecule has 0 radical (unpaired) electrons. The van der Waals surface area contributed by atoms with Crippen molar-refractivity contribution >= 4 is 17.7 Å². The molecule has 1 heterocycles. The van der Waals surface area contributed by atoms with Crippen molar-refractivity contribution in [3.8, 4) is 6.07 Å². The maximum Gasteiger partial charge on any atom is 0.230 e. The van der Waals surface area contributed by atoms with E-state index in [0.717, 1.165) is 19.5 Å². The number of thioether (sulfide) groups is 1. The minimum atomic E-state index is -0.121. The van der Waals surface area contributed by atoms with Crippen molar-refractivity contribution in [2.24, 2.45) is 0 Å². The van der Waals surface area contributed by atoms with Gasteiger partial charge in [0.2, 0.25) is 11.1 Å². The lowest BCUT2D eigenvalue weighted by Crippen LogP contribution is -2.26. The highest BCUT2D eigenvalue weighted by molar-refractivity contribution is 7.99. The van der Waals surface area contributed by atoms with Crippen LogP contribution >= 0.6 is 11.8 Å². The first-order chi connectivity index (χ1) is 9.77. The summed E-state index contributed by atoms with van der Waals surface area (Å²) in [5.74, 6) is 0.123. The van der Waals surface area contributed by atoms with Crippen molar-refractivity contribution in [2.75, 3.05) is 25.4 Å². The Labute approximate surface area is 122 Å². The Kier molecular flexibility index (Phi) is 8.33. The second-order valence-corrected chi connectivity index (χ2v) is 4.92. The number of carbonyl (C=O) groups excluding carboxylic acids is 1. The third-order valence-corrected chi connectivity index (χ3v) is 3.27. The van der Waals surface area contributed by atoms with E-state index in [1.165, 1.54) is 11.8 Å². The van der Waals surface area contributed by atoms with Crippen molar-refractivity contribution in [1.82, 2.24) is 30.8 Å². The molecule has 9 heteroatoms. The Hall–Kier alpha value is -1.66. The van der Waals surface area contributed by atoms with E-state index in [2.05, 4.69) is 33.1 Å². The molecule has 1 rings (SSSR count). The first kappa shape index (κ1) is 16.4. The van der Waals surface area contributed by atoms with Crippen LogP contribution in [-0.4, -0.2) is 51.5 Å². The van der Waals surface area contributed by atoms with Crippen LogP contribution in [0.4, 0.5) is 0 Å². The van der Waals surface area contributed by atoms with Gasteiger partial charge in [-0.3, -0.25) is 4.79 Å². The zero-order chi connectivity index (χ0) is 14.6. The smallest absolute Gasteiger partial charge is 0.230 e. The molecule has 0 saturated carbocycles. The van der Waals surface area contributed by atoms with Gasteiger partial charge in [0.15, 0.2) is 0 Å². The maximum atomic E-state index is 11.5. The van der Waals surface area contributed by atoms with Gasteiger partial charge in [0.05, 0.1) is 24.8 Å². The van der Waals surface area contributed by atoms with Crippen molar-refractivity contribution in [3.63, 3.8) is 0 Å². The van der Waals surface area contributed by atoms with Crippen LogP contribution in [-0.2, 0) is 11.3 Å². The second-order valence-electron chi connectivity index (χ2n) is 3.98. The number of carbonyl (C=O) groups is 1. The van der Waals surface area contributed by atoms with Crippen molar-refractivity contribution in [3.05, 3.63) is 0 Å². The minimum Gasteiger partial charge on any atom is -0.354 e. The molecule has 0 saturated heterocycles. The average molecular weight is 297 g/mol. The summed E-state index contributed by atoms with van der Waals surface area (Å²) >= 11 is 1.29. The highest BCUT2D eigenvalue weighted by Crippen LogP contribution is 2.12. The Morgan fingerprint density at radius 2 is 2.30 bits per heavy atom. The number of tetrazole rings is 1. The molecule has 110 valence electrons. The quantitative estimate of drug-likeness (QED) is 0.454. The van der Waals surface area contributed by atoms with E-state index in [1.54, 1.807) is 4.68 Å². The topological polar surface area (TPSA) is 109 Å². The van der Waals surface area contributed by atoms with E-state index in [0.29, 0.717) is 24.7 Å². The highest BCUT2D eigenvalue weighted by atomic mass is 32.2. The van der Waals surface area contributed by atoms with Gasteiger partial charge in [0.25, 0.3) is 0 Å². The first-order valence-corrected chi connectivity index (χ1v) is 7.49. The molecule has 20 heavy (non-hydrogen) atoms. The van der Waals surface area contributed by atoms with Crippen LogP contribution in [0, 0.1) is 11.3 Å². The maximum absolute atomic E-state index is 11.5.